The molecule has 0 radical (unpaired) electrons. The van der Waals surface area contributed by atoms with Gasteiger partial charge in [-0.2, -0.15) is 0 Å². The van der Waals surface area contributed by atoms with Crippen LogP contribution >= 0.6 is 11.6 Å². The average molecular weight is 401 g/mol. The molecule has 148 valence electrons. The van der Waals surface area contributed by atoms with Gasteiger partial charge in [-0.05, 0) is 55.5 Å². The standard InChI is InChI=1S/C22H25ClN2O3/c23-17-12-10-16(11-13-17)5-3-9-21(26)25-20-8-2-1-7-19(20)22(27)24-15-18-6-4-14-28-18/h1-2,7-8,10-13,18H,3-6,9,14-15H2,(H,24,27)(H,25,26). The Labute approximate surface area is 170 Å². The molecule has 0 spiro atoms. The maximum absolute atomic E-state index is 12.5. The van der Waals surface area contributed by atoms with Crippen LogP contribution in [0.15, 0.2) is 48.5 Å². The maximum atomic E-state index is 12.5. The van der Waals surface area contributed by atoms with Crippen LogP contribution in [0.4, 0.5) is 5.69 Å². The first-order chi connectivity index (χ1) is 13.6. The molecular formula is C22H25ClN2O3. The van der Waals surface area contributed by atoms with Crippen molar-refractivity contribution in [1.29, 1.82) is 0 Å². The molecule has 0 bridgehead atoms. The van der Waals surface area contributed by atoms with Gasteiger partial charge >= 0.3 is 0 Å². The van der Waals surface area contributed by atoms with Gasteiger partial charge in [-0.3, -0.25) is 9.59 Å². The second-order valence-corrected chi connectivity index (χ2v) is 7.36. The Morgan fingerprint density at radius 2 is 1.89 bits per heavy atom. The van der Waals surface area contributed by atoms with Crippen molar-refractivity contribution in [2.45, 2.75) is 38.2 Å². The topological polar surface area (TPSA) is 67.4 Å². The molecule has 1 saturated heterocycles. The lowest BCUT2D eigenvalue weighted by atomic mass is 10.1. The van der Waals surface area contributed by atoms with Crippen molar-refractivity contribution in [3.8, 4) is 0 Å². The lowest BCUT2D eigenvalue weighted by molar-refractivity contribution is -0.116. The summed E-state index contributed by atoms with van der Waals surface area (Å²) in [4.78, 5) is 24.8. The highest BCUT2D eigenvalue weighted by atomic mass is 35.5. The van der Waals surface area contributed by atoms with Crippen LogP contribution < -0.4 is 10.6 Å². The van der Waals surface area contributed by atoms with E-state index < -0.39 is 0 Å². The first kappa shape index (κ1) is 20.4. The summed E-state index contributed by atoms with van der Waals surface area (Å²) in [6.45, 7) is 1.24. The van der Waals surface area contributed by atoms with Crippen molar-refractivity contribution in [3.05, 3.63) is 64.7 Å². The van der Waals surface area contributed by atoms with Crippen LogP contribution in [0, 0.1) is 0 Å². The number of aryl methyl sites for hydroxylation is 1. The van der Waals surface area contributed by atoms with Crippen molar-refractivity contribution >= 4 is 29.1 Å². The summed E-state index contributed by atoms with van der Waals surface area (Å²) in [7, 11) is 0. The first-order valence-electron chi connectivity index (χ1n) is 9.65. The summed E-state index contributed by atoms with van der Waals surface area (Å²) in [6.07, 6.45) is 3.98. The van der Waals surface area contributed by atoms with Gasteiger partial charge in [0.2, 0.25) is 5.91 Å². The zero-order valence-electron chi connectivity index (χ0n) is 15.7. The summed E-state index contributed by atoms with van der Waals surface area (Å²) in [5.74, 6) is -0.305. The normalized spacial score (nSPS) is 16.0. The van der Waals surface area contributed by atoms with Gasteiger partial charge in [0, 0.05) is 24.6 Å². The van der Waals surface area contributed by atoms with Gasteiger partial charge in [0.05, 0.1) is 17.4 Å². The molecule has 0 aromatic heterocycles. The SMILES string of the molecule is O=C(CCCc1ccc(Cl)cc1)Nc1ccccc1C(=O)NCC1CCCO1. The fourth-order valence-corrected chi connectivity index (χ4v) is 3.34. The largest absolute Gasteiger partial charge is 0.376 e. The van der Waals surface area contributed by atoms with Crippen LogP contribution in [-0.2, 0) is 16.0 Å². The van der Waals surface area contributed by atoms with Crippen molar-refractivity contribution in [2.24, 2.45) is 0 Å². The zero-order chi connectivity index (χ0) is 19.8. The molecule has 2 amide bonds. The molecule has 6 heteroatoms. The van der Waals surface area contributed by atoms with Gasteiger partial charge in [-0.15, -0.1) is 0 Å². The fraction of sp³-hybridized carbons (Fsp3) is 0.364. The van der Waals surface area contributed by atoms with E-state index in [0.717, 1.165) is 37.9 Å². The lowest BCUT2D eigenvalue weighted by Crippen LogP contribution is -2.32. The van der Waals surface area contributed by atoms with Gasteiger partial charge in [0.25, 0.3) is 5.91 Å². The highest BCUT2D eigenvalue weighted by Gasteiger charge is 2.18. The average Bonchev–Trinajstić information content (AvgIpc) is 3.22. The van der Waals surface area contributed by atoms with Crippen LogP contribution in [-0.4, -0.2) is 31.1 Å². The minimum absolute atomic E-state index is 0.0820. The smallest absolute Gasteiger partial charge is 0.253 e. The number of nitrogens with one attached hydrogen (secondary N) is 2. The Kier molecular flexibility index (Phi) is 7.46. The Morgan fingerprint density at radius 1 is 1.11 bits per heavy atom. The Balaban J connectivity index is 1.49. The summed E-state index contributed by atoms with van der Waals surface area (Å²) in [6, 6.07) is 14.7. The number of carbonyl (C=O) groups is 2. The Morgan fingerprint density at radius 3 is 2.64 bits per heavy atom. The molecule has 2 aromatic carbocycles. The molecule has 1 aliphatic heterocycles. The van der Waals surface area contributed by atoms with Gasteiger partial charge in [-0.25, -0.2) is 0 Å². The molecular weight excluding hydrogens is 376 g/mol. The van der Waals surface area contributed by atoms with E-state index in [1.54, 1.807) is 24.3 Å². The van der Waals surface area contributed by atoms with Crippen LogP contribution in [0.3, 0.4) is 0 Å². The highest BCUT2D eigenvalue weighted by Crippen LogP contribution is 2.17. The third-order valence-corrected chi connectivity index (χ3v) is 4.99. The number of ether oxygens (including phenoxy) is 1. The Bertz CT molecular complexity index is 802. The van der Waals surface area contributed by atoms with Gasteiger partial charge in [0.15, 0.2) is 0 Å². The van der Waals surface area contributed by atoms with E-state index >= 15 is 0 Å². The molecule has 1 atom stereocenters. The molecule has 0 saturated carbocycles. The van der Waals surface area contributed by atoms with Crippen molar-refractivity contribution in [1.82, 2.24) is 5.32 Å². The van der Waals surface area contributed by atoms with E-state index in [-0.39, 0.29) is 17.9 Å². The van der Waals surface area contributed by atoms with E-state index in [9.17, 15) is 9.59 Å². The minimum Gasteiger partial charge on any atom is -0.376 e. The minimum atomic E-state index is -0.201. The number of amides is 2. The van der Waals surface area contributed by atoms with Gasteiger partial charge < -0.3 is 15.4 Å². The second-order valence-electron chi connectivity index (χ2n) is 6.92. The molecule has 0 aliphatic carbocycles. The summed E-state index contributed by atoms with van der Waals surface area (Å²) >= 11 is 5.88. The number of hydrogen-bond acceptors (Lipinski definition) is 3. The highest BCUT2D eigenvalue weighted by molar-refractivity contribution is 6.30. The second kappa shape index (κ2) is 10.2. The Hall–Kier alpha value is -2.37. The quantitative estimate of drug-likeness (QED) is 0.697. The van der Waals surface area contributed by atoms with Crippen LogP contribution in [0.1, 0.15) is 41.6 Å². The lowest BCUT2D eigenvalue weighted by Gasteiger charge is -2.14. The van der Waals surface area contributed by atoms with Crippen molar-refractivity contribution < 1.29 is 14.3 Å². The molecule has 1 aliphatic rings. The monoisotopic (exact) mass is 400 g/mol. The fourth-order valence-electron chi connectivity index (χ4n) is 3.21. The number of anilines is 1. The summed E-state index contributed by atoms with van der Waals surface area (Å²) in [5.41, 5.74) is 2.14. The third kappa shape index (κ3) is 6.08. The van der Waals surface area contributed by atoms with Crippen LogP contribution in [0.25, 0.3) is 0 Å². The van der Waals surface area contributed by atoms with Gasteiger partial charge in [-0.1, -0.05) is 35.9 Å². The number of benzene rings is 2. The van der Waals surface area contributed by atoms with E-state index in [1.807, 2.05) is 24.3 Å². The number of rotatable bonds is 8. The van der Waals surface area contributed by atoms with E-state index in [1.165, 1.54) is 0 Å². The molecule has 1 fully saturated rings. The number of para-hydroxylation sites is 1. The molecule has 3 rings (SSSR count). The van der Waals surface area contributed by atoms with E-state index in [2.05, 4.69) is 10.6 Å². The molecule has 1 unspecified atom stereocenters. The zero-order valence-corrected chi connectivity index (χ0v) is 16.5. The van der Waals surface area contributed by atoms with E-state index in [4.69, 9.17) is 16.3 Å². The predicted octanol–water partition coefficient (Wildman–Crippen LogP) is 4.21. The molecule has 5 nitrogen and oxygen atoms in total. The van der Waals surface area contributed by atoms with Crippen molar-refractivity contribution in [2.75, 3.05) is 18.5 Å². The van der Waals surface area contributed by atoms with Crippen LogP contribution in [0.5, 0.6) is 0 Å². The number of carbonyl (C=O) groups excluding carboxylic acids is 2. The predicted molar refractivity (Wildman–Crippen MR) is 111 cm³/mol. The first-order valence-corrected chi connectivity index (χ1v) is 10.0. The number of halogens is 1. The third-order valence-electron chi connectivity index (χ3n) is 4.74. The van der Waals surface area contributed by atoms with Crippen LogP contribution in [0.2, 0.25) is 5.02 Å². The molecule has 1 heterocycles. The summed E-state index contributed by atoms with van der Waals surface area (Å²) < 4.78 is 5.53. The van der Waals surface area contributed by atoms with Crippen molar-refractivity contribution in [3.63, 3.8) is 0 Å². The maximum Gasteiger partial charge on any atom is 0.253 e. The summed E-state index contributed by atoms with van der Waals surface area (Å²) in [5, 5.41) is 6.46. The molecule has 28 heavy (non-hydrogen) atoms. The number of hydrogen-bond donors (Lipinski definition) is 2. The van der Waals surface area contributed by atoms with Gasteiger partial charge in [0.1, 0.15) is 0 Å². The van der Waals surface area contributed by atoms with E-state index in [0.29, 0.717) is 29.2 Å². The molecule has 2 aromatic rings. The molecule has 2 N–H and O–H groups in total.